The minimum Gasteiger partial charge on any atom is -0.495 e. The summed E-state index contributed by atoms with van der Waals surface area (Å²) in [6.07, 6.45) is 1.92. The van der Waals surface area contributed by atoms with Gasteiger partial charge in [0.05, 0.1) is 12.8 Å². The highest BCUT2D eigenvalue weighted by molar-refractivity contribution is 7.98. The minimum atomic E-state index is -0.130. The minimum absolute atomic E-state index is 0.130. The first-order valence-corrected chi connectivity index (χ1v) is 9.09. The molecule has 0 atom stereocenters. The summed E-state index contributed by atoms with van der Waals surface area (Å²) in [6.45, 7) is 1.99. The second-order valence-electron chi connectivity index (χ2n) is 5.81. The number of aryl methyl sites for hydroxylation is 1. The Morgan fingerprint density at radius 3 is 2.76 bits per heavy atom. The highest BCUT2D eigenvalue weighted by atomic mass is 32.2. The smallest absolute Gasteiger partial charge is 0.283 e. The molecule has 0 saturated carbocycles. The number of rotatable bonds is 3. The predicted molar refractivity (Wildman–Crippen MR) is 102 cm³/mol. The SMILES string of the molecule is COc1ccc(C)cc1-n1c(SC)nc2c([nH]c3ccccc32)c1=O. The van der Waals surface area contributed by atoms with Crippen molar-refractivity contribution >= 4 is 33.7 Å². The molecule has 126 valence electrons. The summed E-state index contributed by atoms with van der Waals surface area (Å²) in [5.41, 5.74) is 3.73. The summed E-state index contributed by atoms with van der Waals surface area (Å²) in [5, 5.41) is 1.58. The predicted octanol–water partition coefficient (Wildman–Crippen LogP) is 3.91. The molecule has 6 heteroatoms. The van der Waals surface area contributed by atoms with E-state index in [1.807, 2.05) is 55.6 Å². The number of fused-ring (bicyclic) bond motifs is 3. The van der Waals surface area contributed by atoms with Crippen LogP contribution in [0, 0.1) is 6.92 Å². The zero-order valence-electron chi connectivity index (χ0n) is 14.2. The maximum atomic E-state index is 13.3. The van der Waals surface area contributed by atoms with E-state index in [1.165, 1.54) is 11.8 Å². The van der Waals surface area contributed by atoms with Crippen molar-refractivity contribution in [2.24, 2.45) is 0 Å². The van der Waals surface area contributed by atoms with Crippen LogP contribution < -0.4 is 10.3 Å². The average molecular weight is 351 g/mol. The fraction of sp³-hybridized carbons (Fsp3) is 0.158. The number of hydrogen-bond donors (Lipinski definition) is 1. The zero-order chi connectivity index (χ0) is 17.6. The second kappa shape index (κ2) is 5.97. The summed E-state index contributed by atoms with van der Waals surface area (Å²) >= 11 is 1.44. The van der Waals surface area contributed by atoms with Gasteiger partial charge in [0.2, 0.25) is 0 Å². The second-order valence-corrected chi connectivity index (χ2v) is 6.58. The maximum Gasteiger partial charge on any atom is 0.283 e. The van der Waals surface area contributed by atoms with E-state index in [0.717, 1.165) is 16.5 Å². The van der Waals surface area contributed by atoms with Gasteiger partial charge in [0.25, 0.3) is 5.56 Å². The molecule has 0 radical (unpaired) electrons. The molecule has 4 rings (SSSR count). The number of benzene rings is 2. The number of para-hydroxylation sites is 1. The van der Waals surface area contributed by atoms with Crippen LogP contribution in [0.5, 0.6) is 5.75 Å². The Balaban J connectivity index is 2.15. The third kappa shape index (κ3) is 2.41. The summed E-state index contributed by atoms with van der Waals surface area (Å²) in [5.74, 6) is 0.639. The number of hydrogen-bond acceptors (Lipinski definition) is 4. The van der Waals surface area contributed by atoms with Gasteiger partial charge >= 0.3 is 0 Å². The van der Waals surface area contributed by atoms with E-state index in [2.05, 4.69) is 4.98 Å². The summed E-state index contributed by atoms with van der Waals surface area (Å²) in [6, 6.07) is 13.6. The highest BCUT2D eigenvalue weighted by Crippen LogP contribution is 2.29. The van der Waals surface area contributed by atoms with Crippen molar-refractivity contribution in [2.75, 3.05) is 13.4 Å². The molecule has 1 N–H and O–H groups in total. The molecule has 2 heterocycles. The topological polar surface area (TPSA) is 59.9 Å². The van der Waals surface area contributed by atoms with E-state index in [9.17, 15) is 4.79 Å². The van der Waals surface area contributed by atoms with E-state index < -0.39 is 0 Å². The molecule has 0 aliphatic heterocycles. The largest absolute Gasteiger partial charge is 0.495 e. The van der Waals surface area contributed by atoms with E-state index in [4.69, 9.17) is 9.72 Å². The van der Waals surface area contributed by atoms with Gasteiger partial charge in [-0.25, -0.2) is 9.55 Å². The molecular formula is C19H17N3O2S. The number of nitrogens with one attached hydrogen (secondary N) is 1. The van der Waals surface area contributed by atoms with Gasteiger partial charge in [-0.3, -0.25) is 4.79 Å². The van der Waals surface area contributed by atoms with Crippen molar-refractivity contribution in [3.8, 4) is 11.4 Å². The summed E-state index contributed by atoms with van der Waals surface area (Å²) in [4.78, 5) is 21.3. The van der Waals surface area contributed by atoms with E-state index in [1.54, 1.807) is 11.7 Å². The van der Waals surface area contributed by atoms with Crippen LogP contribution in [0.4, 0.5) is 0 Å². The average Bonchev–Trinajstić information content (AvgIpc) is 3.00. The standard InChI is InChI=1S/C19H17N3O2S/c1-11-8-9-15(24-2)14(10-11)22-18(23)17-16(21-19(22)25-3)12-6-4-5-7-13(12)20-17/h4-10,20H,1-3H3. The molecule has 25 heavy (non-hydrogen) atoms. The molecule has 0 unspecified atom stereocenters. The van der Waals surface area contributed by atoms with E-state index in [-0.39, 0.29) is 5.56 Å². The normalized spacial score (nSPS) is 11.3. The first kappa shape index (κ1) is 15.8. The number of aromatic amines is 1. The van der Waals surface area contributed by atoms with Crippen molar-refractivity contribution < 1.29 is 4.74 Å². The number of aromatic nitrogens is 3. The van der Waals surface area contributed by atoms with Gasteiger partial charge in [0.15, 0.2) is 5.16 Å². The van der Waals surface area contributed by atoms with Gasteiger partial charge in [-0.15, -0.1) is 0 Å². The monoisotopic (exact) mass is 351 g/mol. The van der Waals surface area contributed by atoms with Crippen LogP contribution in [0.2, 0.25) is 0 Å². The number of ether oxygens (including phenoxy) is 1. The van der Waals surface area contributed by atoms with Gasteiger partial charge in [0, 0.05) is 10.9 Å². The van der Waals surface area contributed by atoms with Gasteiger partial charge in [0.1, 0.15) is 16.8 Å². The Morgan fingerprint density at radius 1 is 1.20 bits per heavy atom. The number of methoxy groups -OCH3 is 1. The molecule has 2 aromatic heterocycles. The lowest BCUT2D eigenvalue weighted by Crippen LogP contribution is -2.22. The molecule has 0 fully saturated rings. The molecule has 0 spiro atoms. The summed E-state index contributed by atoms with van der Waals surface area (Å²) in [7, 11) is 1.60. The number of H-pyrrole nitrogens is 1. The number of nitrogens with zero attached hydrogens (tertiary/aromatic N) is 2. The van der Waals surface area contributed by atoms with Gasteiger partial charge in [-0.2, -0.15) is 0 Å². The van der Waals surface area contributed by atoms with Gasteiger partial charge < -0.3 is 9.72 Å². The molecule has 0 aliphatic carbocycles. The van der Waals surface area contributed by atoms with Crippen molar-refractivity contribution in [3.05, 3.63) is 58.4 Å². The van der Waals surface area contributed by atoms with Crippen molar-refractivity contribution in [2.45, 2.75) is 12.1 Å². The first-order chi connectivity index (χ1) is 12.1. The van der Waals surface area contributed by atoms with Crippen molar-refractivity contribution in [1.29, 1.82) is 0 Å². The molecule has 5 nitrogen and oxygen atoms in total. The Bertz CT molecular complexity index is 1160. The third-order valence-corrected chi connectivity index (χ3v) is 4.89. The van der Waals surface area contributed by atoms with Crippen LogP contribution in [0.15, 0.2) is 52.4 Å². The highest BCUT2D eigenvalue weighted by Gasteiger charge is 2.18. The van der Waals surface area contributed by atoms with Crippen molar-refractivity contribution in [1.82, 2.24) is 14.5 Å². The van der Waals surface area contributed by atoms with Crippen LogP contribution in [0.3, 0.4) is 0 Å². The van der Waals surface area contributed by atoms with Crippen LogP contribution in [-0.4, -0.2) is 27.9 Å². The van der Waals surface area contributed by atoms with Crippen LogP contribution in [0.1, 0.15) is 5.56 Å². The number of thioether (sulfide) groups is 1. The van der Waals surface area contributed by atoms with Crippen molar-refractivity contribution in [3.63, 3.8) is 0 Å². The van der Waals surface area contributed by atoms with Gasteiger partial charge in [-0.1, -0.05) is 36.0 Å². The molecule has 2 aromatic carbocycles. The quantitative estimate of drug-likeness (QED) is 0.449. The third-order valence-electron chi connectivity index (χ3n) is 4.25. The van der Waals surface area contributed by atoms with E-state index in [0.29, 0.717) is 27.6 Å². The Kier molecular flexibility index (Phi) is 3.77. The molecular weight excluding hydrogens is 334 g/mol. The van der Waals surface area contributed by atoms with Crippen LogP contribution >= 0.6 is 11.8 Å². The lowest BCUT2D eigenvalue weighted by atomic mass is 10.2. The first-order valence-electron chi connectivity index (χ1n) is 7.86. The molecule has 4 aromatic rings. The molecule has 0 aliphatic rings. The zero-order valence-corrected chi connectivity index (χ0v) is 15.0. The maximum absolute atomic E-state index is 13.3. The lowest BCUT2D eigenvalue weighted by Gasteiger charge is -2.14. The Morgan fingerprint density at radius 2 is 2.00 bits per heavy atom. The molecule has 0 amide bonds. The Labute approximate surface area is 148 Å². The lowest BCUT2D eigenvalue weighted by molar-refractivity contribution is 0.411. The summed E-state index contributed by atoms with van der Waals surface area (Å²) < 4.78 is 7.09. The van der Waals surface area contributed by atoms with Gasteiger partial charge in [-0.05, 0) is 36.9 Å². The van der Waals surface area contributed by atoms with Crippen LogP contribution in [0.25, 0.3) is 27.6 Å². The Hall–Kier alpha value is -2.73. The van der Waals surface area contributed by atoms with Crippen LogP contribution in [-0.2, 0) is 0 Å². The molecule has 0 saturated heterocycles. The van der Waals surface area contributed by atoms with E-state index >= 15 is 0 Å². The molecule has 0 bridgehead atoms. The fourth-order valence-corrected chi connectivity index (χ4v) is 3.61. The fourth-order valence-electron chi connectivity index (χ4n) is 3.07.